The lowest BCUT2D eigenvalue weighted by Crippen LogP contribution is -2.31. The summed E-state index contributed by atoms with van der Waals surface area (Å²) in [6.07, 6.45) is -2.54. The maximum atomic E-state index is 12.1. The molecule has 1 rings (SSSR count). The highest BCUT2D eigenvalue weighted by Crippen LogP contribution is 2.21. The molecular formula is C10H11BrF2N2O. The number of nitrogens with zero attached hydrogens (tertiary/aromatic N) is 1. The Bertz CT molecular complexity index is 398. The average Bonchev–Trinajstić information content (AvgIpc) is 2.20. The van der Waals surface area contributed by atoms with E-state index in [4.69, 9.17) is 5.73 Å². The van der Waals surface area contributed by atoms with E-state index in [1.807, 2.05) is 0 Å². The second kappa shape index (κ2) is 5.25. The number of benzene rings is 1. The van der Waals surface area contributed by atoms with Crippen molar-refractivity contribution < 1.29 is 13.6 Å². The van der Waals surface area contributed by atoms with Crippen LogP contribution in [-0.2, 0) is 0 Å². The van der Waals surface area contributed by atoms with E-state index in [1.54, 1.807) is 6.07 Å². The first-order valence-electron chi connectivity index (χ1n) is 4.50. The van der Waals surface area contributed by atoms with Gasteiger partial charge in [0.1, 0.15) is 0 Å². The molecule has 3 nitrogen and oxygen atoms in total. The number of halogens is 3. The summed E-state index contributed by atoms with van der Waals surface area (Å²) in [4.78, 5) is 12.6. The van der Waals surface area contributed by atoms with Crippen molar-refractivity contribution >= 4 is 27.5 Å². The van der Waals surface area contributed by atoms with Crippen LogP contribution in [0.15, 0.2) is 22.7 Å². The average molecular weight is 293 g/mol. The Morgan fingerprint density at radius 3 is 2.69 bits per heavy atom. The first-order valence-corrected chi connectivity index (χ1v) is 5.29. The van der Waals surface area contributed by atoms with E-state index in [0.717, 1.165) is 4.90 Å². The maximum absolute atomic E-state index is 12.1. The Labute approximate surface area is 100 Å². The molecule has 0 bridgehead atoms. The van der Waals surface area contributed by atoms with Crippen molar-refractivity contribution in [3.63, 3.8) is 0 Å². The predicted octanol–water partition coefficient (Wildman–Crippen LogP) is 2.37. The number of hydrogen-bond acceptors (Lipinski definition) is 2. The van der Waals surface area contributed by atoms with Gasteiger partial charge in [-0.15, -0.1) is 0 Å². The van der Waals surface area contributed by atoms with Crippen LogP contribution in [0.2, 0.25) is 0 Å². The van der Waals surface area contributed by atoms with Crippen LogP contribution in [0.3, 0.4) is 0 Å². The molecule has 0 aliphatic carbocycles. The molecule has 0 fully saturated rings. The smallest absolute Gasteiger partial charge is 0.255 e. The highest BCUT2D eigenvalue weighted by atomic mass is 79.9. The lowest BCUT2D eigenvalue weighted by Gasteiger charge is -2.16. The summed E-state index contributed by atoms with van der Waals surface area (Å²) in [5.41, 5.74) is 6.37. The number of carbonyl (C=O) groups is 1. The zero-order valence-electron chi connectivity index (χ0n) is 8.58. The molecule has 0 aromatic heterocycles. The molecule has 16 heavy (non-hydrogen) atoms. The van der Waals surface area contributed by atoms with Crippen LogP contribution < -0.4 is 5.73 Å². The minimum absolute atomic E-state index is 0.323. The Hall–Kier alpha value is -1.17. The fourth-order valence-corrected chi connectivity index (χ4v) is 1.55. The van der Waals surface area contributed by atoms with E-state index in [0.29, 0.717) is 15.7 Å². The summed E-state index contributed by atoms with van der Waals surface area (Å²) < 4.78 is 24.7. The first-order chi connectivity index (χ1) is 7.41. The van der Waals surface area contributed by atoms with Crippen LogP contribution in [-0.4, -0.2) is 30.8 Å². The number of amides is 1. The van der Waals surface area contributed by atoms with Crippen LogP contribution >= 0.6 is 15.9 Å². The van der Waals surface area contributed by atoms with Gasteiger partial charge in [0.15, 0.2) is 0 Å². The van der Waals surface area contributed by atoms with Gasteiger partial charge >= 0.3 is 0 Å². The molecule has 0 radical (unpaired) electrons. The number of alkyl halides is 2. The molecular weight excluding hydrogens is 282 g/mol. The highest BCUT2D eigenvalue weighted by Gasteiger charge is 2.16. The van der Waals surface area contributed by atoms with Crippen LogP contribution in [0, 0.1) is 0 Å². The first kappa shape index (κ1) is 12.9. The molecule has 0 aliphatic heterocycles. The highest BCUT2D eigenvalue weighted by molar-refractivity contribution is 9.10. The molecule has 88 valence electrons. The van der Waals surface area contributed by atoms with Gasteiger partial charge in [0.2, 0.25) is 0 Å². The van der Waals surface area contributed by atoms with E-state index in [1.165, 1.54) is 19.2 Å². The van der Waals surface area contributed by atoms with Gasteiger partial charge in [-0.1, -0.05) is 0 Å². The van der Waals surface area contributed by atoms with Gasteiger partial charge in [0, 0.05) is 22.8 Å². The van der Waals surface area contributed by atoms with Crippen molar-refractivity contribution in [3.8, 4) is 0 Å². The van der Waals surface area contributed by atoms with Crippen molar-refractivity contribution in [1.29, 1.82) is 0 Å². The summed E-state index contributed by atoms with van der Waals surface area (Å²) in [5.74, 6) is -0.457. The van der Waals surface area contributed by atoms with Crippen LogP contribution in [0.4, 0.5) is 14.5 Å². The number of nitrogens with two attached hydrogens (primary N) is 1. The Morgan fingerprint density at radius 1 is 1.56 bits per heavy atom. The maximum Gasteiger partial charge on any atom is 0.255 e. The molecule has 1 amide bonds. The van der Waals surface area contributed by atoms with E-state index < -0.39 is 18.9 Å². The quantitative estimate of drug-likeness (QED) is 0.870. The zero-order valence-corrected chi connectivity index (χ0v) is 10.2. The molecule has 1 aromatic rings. The fourth-order valence-electron chi connectivity index (χ4n) is 1.17. The van der Waals surface area contributed by atoms with Crippen molar-refractivity contribution in [3.05, 3.63) is 28.2 Å². The largest absolute Gasteiger partial charge is 0.398 e. The number of rotatable bonds is 3. The van der Waals surface area contributed by atoms with Crippen LogP contribution in [0.25, 0.3) is 0 Å². The second-order valence-corrected chi connectivity index (χ2v) is 4.17. The lowest BCUT2D eigenvalue weighted by molar-refractivity contribution is 0.0620. The summed E-state index contributed by atoms with van der Waals surface area (Å²) >= 11 is 3.17. The van der Waals surface area contributed by atoms with Crippen molar-refractivity contribution in [2.75, 3.05) is 19.3 Å². The van der Waals surface area contributed by atoms with Gasteiger partial charge in [0.25, 0.3) is 12.3 Å². The molecule has 1 aromatic carbocycles. The molecule has 0 saturated carbocycles. The summed E-state index contributed by atoms with van der Waals surface area (Å²) in [6, 6.07) is 4.57. The van der Waals surface area contributed by atoms with Gasteiger partial charge < -0.3 is 10.6 Å². The van der Waals surface area contributed by atoms with Crippen molar-refractivity contribution in [2.24, 2.45) is 0 Å². The van der Waals surface area contributed by atoms with E-state index in [2.05, 4.69) is 15.9 Å². The van der Waals surface area contributed by atoms with Crippen LogP contribution in [0.5, 0.6) is 0 Å². The zero-order chi connectivity index (χ0) is 12.3. The SMILES string of the molecule is CN(CC(F)F)C(=O)c1ccc(N)c(Br)c1. The Morgan fingerprint density at radius 2 is 2.19 bits per heavy atom. The minimum atomic E-state index is -2.54. The van der Waals surface area contributed by atoms with Crippen LogP contribution in [0.1, 0.15) is 10.4 Å². The van der Waals surface area contributed by atoms with Gasteiger partial charge in [0.05, 0.1) is 6.54 Å². The van der Waals surface area contributed by atoms with Crippen molar-refractivity contribution in [1.82, 2.24) is 4.90 Å². The number of anilines is 1. The molecule has 0 heterocycles. The Balaban J connectivity index is 2.84. The van der Waals surface area contributed by atoms with Gasteiger partial charge in [-0.25, -0.2) is 8.78 Å². The number of carbonyl (C=O) groups excluding carboxylic acids is 1. The summed E-state index contributed by atoms with van der Waals surface area (Å²) in [5, 5.41) is 0. The van der Waals surface area contributed by atoms with Gasteiger partial charge in [-0.3, -0.25) is 4.79 Å². The monoisotopic (exact) mass is 292 g/mol. The predicted molar refractivity (Wildman–Crippen MR) is 61.5 cm³/mol. The number of nitrogen functional groups attached to an aromatic ring is 1. The number of hydrogen-bond donors (Lipinski definition) is 1. The van der Waals surface area contributed by atoms with E-state index >= 15 is 0 Å². The standard InChI is InChI=1S/C10H11BrF2N2O/c1-15(5-9(12)13)10(16)6-2-3-8(14)7(11)4-6/h2-4,9H,5,14H2,1H3. The molecule has 6 heteroatoms. The van der Waals surface area contributed by atoms with Gasteiger partial charge in [-0.2, -0.15) is 0 Å². The lowest BCUT2D eigenvalue weighted by atomic mass is 10.2. The Kier molecular flexibility index (Phi) is 4.23. The molecule has 0 atom stereocenters. The van der Waals surface area contributed by atoms with E-state index in [9.17, 15) is 13.6 Å². The molecule has 0 unspecified atom stereocenters. The van der Waals surface area contributed by atoms with E-state index in [-0.39, 0.29) is 0 Å². The summed E-state index contributed by atoms with van der Waals surface area (Å²) in [6.45, 7) is -0.583. The fraction of sp³-hybridized carbons (Fsp3) is 0.300. The summed E-state index contributed by atoms with van der Waals surface area (Å²) in [7, 11) is 1.33. The molecule has 2 N–H and O–H groups in total. The third kappa shape index (κ3) is 3.16. The topological polar surface area (TPSA) is 46.3 Å². The third-order valence-electron chi connectivity index (χ3n) is 2.01. The second-order valence-electron chi connectivity index (χ2n) is 3.31. The van der Waals surface area contributed by atoms with Gasteiger partial charge in [-0.05, 0) is 34.1 Å². The molecule has 0 spiro atoms. The third-order valence-corrected chi connectivity index (χ3v) is 2.69. The molecule has 0 aliphatic rings. The van der Waals surface area contributed by atoms with Crippen molar-refractivity contribution in [2.45, 2.75) is 6.43 Å². The minimum Gasteiger partial charge on any atom is -0.398 e. The normalized spacial score (nSPS) is 10.6. The molecule has 0 saturated heterocycles.